The van der Waals surface area contributed by atoms with E-state index in [1.54, 1.807) is 60.7 Å². The molecule has 2 aromatic rings. The number of hydrogen-bond donors (Lipinski definition) is 4. The van der Waals surface area contributed by atoms with Gasteiger partial charge in [-0.2, -0.15) is 0 Å². The predicted molar refractivity (Wildman–Crippen MR) is 136 cm³/mol. The highest BCUT2D eigenvalue weighted by molar-refractivity contribution is 5.87. The van der Waals surface area contributed by atoms with E-state index in [0.29, 0.717) is 23.0 Å². The lowest BCUT2D eigenvalue weighted by Crippen LogP contribution is -2.23. The smallest absolute Gasteiger partial charge is 0.335 e. The Morgan fingerprint density at radius 1 is 0.588 bits per heavy atom. The third-order valence-corrected chi connectivity index (χ3v) is 5.41. The van der Waals surface area contributed by atoms with Crippen LogP contribution in [0.1, 0.15) is 74.1 Å². The predicted octanol–water partition coefficient (Wildman–Crippen LogP) is 5.85. The van der Waals surface area contributed by atoms with Crippen LogP contribution < -0.4 is 0 Å². The van der Waals surface area contributed by atoms with Gasteiger partial charge in [0.15, 0.2) is 0 Å². The van der Waals surface area contributed by atoms with Gasteiger partial charge in [-0.05, 0) is 60.8 Å². The normalized spacial score (nSPS) is 12.1. The van der Waals surface area contributed by atoms with E-state index >= 15 is 0 Å². The maximum absolute atomic E-state index is 10.2. The fraction of sp³-hybridized carbons (Fsp3) is 0.500. The molecule has 2 unspecified atom stereocenters. The third-order valence-electron chi connectivity index (χ3n) is 5.41. The second-order valence-corrected chi connectivity index (χ2v) is 9.17. The minimum atomic E-state index is -0.879. The summed E-state index contributed by atoms with van der Waals surface area (Å²) in [5.41, 5.74) is 0.662. The number of hydrogen-bond acceptors (Lipinski definition) is 4. The van der Waals surface area contributed by atoms with Gasteiger partial charge in [0.1, 0.15) is 0 Å². The van der Waals surface area contributed by atoms with E-state index in [4.69, 9.17) is 10.2 Å². The minimum Gasteiger partial charge on any atom is -0.478 e. The maximum Gasteiger partial charge on any atom is 0.335 e. The molecule has 0 aliphatic carbocycles. The summed E-state index contributed by atoms with van der Waals surface area (Å²) in [6.45, 7) is 9.26. The summed E-state index contributed by atoms with van der Waals surface area (Å²) < 4.78 is 0. The van der Waals surface area contributed by atoms with Gasteiger partial charge in [0, 0.05) is 13.2 Å². The summed E-state index contributed by atoms with van der Waals surface area (Å²) in [5.74, 6) is 0.167. The summed E-state index contributed by atoms with van der Waals surface area (Å²) in [6, 6.07) is 16.6. The lowest BCUT2D eigenvalue weighted by Gasteiger charge is -2.25. The number of aromatic carboxylic acids is 2. The van der Waals surface area contributed by atoms with Crippen molar-refractivity contribution >= 4 is 11.9 Å². The highest BCUT2D eigenvalue weighted by Gasteiger charge is 2.20. The van der Waals surface area contributed by atoms with E-state index in [2.05, 4.69) is 27.7 Å². The molecular weight excluding hydrogens is 432 g/mol. The number of carbonyl (C=O) groups is 2. The van der Waals surface area contributed by atoms with Crippen molar-refractivity contribution in [3.05, 3.63) is 71.8 Å². The SMILES string of the molecule is CC(C)CCC(CO)C(CO)CCC(C)C.O=C(O)c1ccccc1.O=C(O)c1ccccc1. The Labute approximate surface area is 204 Å². The van der Waals surface area contributed by atoms with Gasteiger partial charge in [0.2, 0.25) is 0 Å². The molecule has 0 heterocycles. The Morgan fingerprint density at radius 2 is 0.882 bits per heavy atom. The molecular formula is C28H42O6. The van der Waals surface area contributed by atoms with Crippen LogP contribution in [0.4, 0.5) is 0 Å². The molecule has 0 spiro atoms. The van der Waals surface area contributed by atoms with E-state index in [1.807, 2.05) is 0 Å². The average molecular weight is 475 g/mol. The molecule has 0 radical (unpaired) electrons. The Morgan fingerprint density at radius 3 is 1.06 bits per heavy atom. The monoisotopic (exact) mass is 474 g/mol. The van der Waals surface area contributed by atoms with Crippen LogP contribution in [0, 0.1) is 23.7 Å². The number of benzene rings is 2. The molecule has 2 rings (SSSR count). The van der Waals surface area contributed by atoms with Gasteiger partial charge in [-0.3, -0.25) is 0 Å². The van der Waals surface area contributed by atoms with Crippen LogP contribution in [0.3, 0.4) is 0 Å². The second-order valence-electron chi connectivity index (χ2n) is 9.17. The van der Waals surface area contributed by atoms with Crippen molar-refractivity contribution in [1.82, 2.24) is 0 Å². The number of aliphatic hydroxyl groups excluding tert-OH is 2. The van der Waals surface area contributed by atoms with Crippen LogP contribution in [0.25, 0.3) is 0 Å². The van der Waals surface area contributed by atoms with Crippen LogP contribution in [0.2, 0.25) is 0 Å². The lowest BCUT2D eigenvalue weighted by molar-refractivity contribution is 0.0686. The first-order chi connectivity index (χ1) is 16.1. The van der Waals surface area contributed by atoms with E-state index in [-0.39, 0.29) is 25.0 Å². The standard InChI is InChI=1S/C14H30O2.2C7H6O2/c1-11(2)5-7-13(9-15)14(10-16)8-6-12(3)4;2*8-7(9)6-4-2-1-3-5-6/h11-16H,5-10H2,1-4H3;2*1-5H,(H,8,9). The van der Waals surface area contributed by atoms with Gasteiger partial charge < -0.3 is 20.4 Å². The quantitative estimate of drug-likeness (QED) is 0.325. The highest BCUT2D eigenvalue weighted by atomic mass is 16.4. The van der Waals surface area contributed by atoms with Gasteiger partial charge >= 0.3 is 11.9 Å². The zero-order valence-electron chi connectivity index (χ0n) is 20.9. The van der Waals surface area contributed by atoms with Crippen molar-refractivity contribution < 1.29 is 30.0 Å². The van der Waals surface area contributed by atoms with Crippen molar-refractivity contribution in [3.8, 4) is 0 Å². The maximum atomic E-state index is 10.2. The molecule has 0 aliphatic rings. The summed E-state index contributed by atoms with van der Waals surface area (Å²) in [4.78, 5) is 20.4. The fourth-order valence-electron chi connectivity index (χ4n) is 3.21. The molecule has 4 N–H and O–H groups in total. The second kappa shape index (κ2) is 18.7. The van der Waals surface area contributed by atoms with Crippen LogP contribution in [-0.4, -0.2) is 45.6 Å². The van der Waals surface area contributed by atoms with Gasteiger partial charge in [-0.1, -0.05) is 76.9 Å². The largest absolute Gasteiger partial charge is 0.478 e. The van der Waals surface area contributed by atoms with Crippen molar-refractivity contribution in [3.63, 3.8) is 0 Å². The zero-order valence-corrected chi connectivity index (χ0v) is 20.9. The molecule has 0 saturated heterocycles. The van der Waals surface area contributed by atoms with Gasteiger partial charge in [-0.15, -0.1) is 0 Å². The first-order valence-electron chi connectivity index (χ1n) is 11.9. The zero-order chi connectivity index (χ0) is 25.9. The molecule has 2 aromatic carbocycles. The molecule has 2 atom stereocenters. The summed E-state index contributed by atoms with van der Waals surface area (Å²) in [7, 11) is 0. The third kappa shape index (κ3) is 15.2. The van der Waals surface area contributed by atoms with Crippen LogP contribution in [0.5, 0.6) is 0 Å². The van der Waals surface area contributed by atoms with E-state index in [9.17, 15) is 19.8 Å². The van der Waals surface area contributed by atoms with Crippen molar-refractivity contribution in [2.45, 2.75) is 53.4 Å². The molecule has 0 bridgehead atoms. The van der Waals surface area contributed by atoms with Gasteiger partial charge in [-0.25, -0.2) is 9.59 Å². The molecule has 0 aromatic heterocycles. The van der Waals surface area contributed by atoms with Crippen LogP contribution in [0.15, 0.2) is 60.7 Å². The molecule has 0 fully saturated rings. The summed E-state index contributed by atoms with van der Waals surface area (Å²) in [6.07, 6.45) is 4.36. The number of carboxylic acids is 2. The van der Waals surface area contributed by atoms with Gasteiger partial charge in [0.05, 0.1) is 11.1 Å². The lowest BCUT2D eigenvalue weighted by atomic mass is 9.83. The van der Waals surface area contributed by atoms with Gasteiger partial charge in [0.25, 0.3) is 0 Å². The first kappa shape index (κ1) is 31.3. The molecule has 0 aliphatic heterocycles. The highest BCUT2D eigenvalue weighted by Crippen LogP contribution is 2.25. The van der Waals surface area contributed by atoms with Crippen LogP contribution >= 0.6 is 0 Å². The molecule has 190 valence electrons. The van der Waals surface area contributed by atoms with E-state index in [0.717, 1.165) is 25.7 Å². The number of carboxylic acid groups (broad SMARTS) is 2. The van der Waals surface area contributed by atoms with E-state index in [1.165, 1.54) is 0 Å². The molecule has 6 nitrogen and oxygen atoms in total. The molecule has 6 heteroatoms. The Balaban J connectivity index is 0.000000513. The fourth-order valence-corrected chi connectivity index (χ4v) is 3.21. The Hall–Kier alpha value is -2.70. The summed E-state index contributed by atoms with van der Waals surface area (Å²) >= 11 is 0. The minimum absolute atomic E-state index is 0.218. The Kier molecular flexibility index (Phi) is 17.2. The topological polar surface area (TPSA) is 115 Å². The number of rotatable bonds is 11. The van der Waals surface area contributed by atoms with Crippen molar-refractivity contribution in [2.75, 3.05) is 13.2 Å². The molecule has 0 amide bonds. The van der Waals surface area contributed by atoms with Crippen molar-refractivity contribution in [2.24, 2.45) is 23.7 Å². The molecule has 0 saturated carbocycles. The Bertz CT molecular complexity index is 706. The molecule has 34 heavy (non-hydrogen) atoms. The van der Waals surface area contributed by atoms with E-state index < -0.39 is 11.9 Å². The first-order valence-corrected chi connectivity index (χ1v) is 11.9. The van der Waals surface area contributed by atoms with Crippen molar-refractivity contribution in [1.29, 1.82) is 0 Å². The average Bonchev–Trinajstić information content (AvgIpc) is 2.82. The van der Waals surface area contributed by atoms with Crippen LogP contribution in [-0.2, 0) is 0 Å². The number of aliphatic hydroxyl groups is 2. The summed E-state index contributed by atoms with van der Waals surface area (Å²) in [5, 5.41) is 35.6.